The largest absolute Gasteiger partial charge is 0.455 e. The molecule has 0 saturated carbocycles. The lowest BCUT2D eigenvalue weighted by Crippen LogP contribution is -2.40. The van der Waals surface area contributed by atoms with Gasteiger partial charge >= 0.3 is 12.1 Å². The van der Waals surface area contributed by atoms with Crippen molar-refractivity contribution in [2.45, 2.75) is 25.3 Å². The summed E-state index contributed by atoms with van der Waals surface area (Å²) in [5.74, 6) is -4.84. The third kappa shape index (κ3) is 4.68. The van der Waals surface area contributed by atoms with Gasteiger partial charge in [-0.25, -0.2) is 0 Å². The first-order valence-corrected chi connectivity index (χ1v) is 6.41. The molecule has 1 aromatic rings. The molecule has 8 heteroatoms. The number of rotatable bonds is 6. The smallest absolute Gasteiger partial charge is 0.370 e. The Balaban J connectivity index is 2.59. The Morgan fingerprint density at radius 2 is 1.85 bits per heavy atom. The summed E-state index contributed by atoms with van der Waals surface area (Å²) in [6.07, 6.45) is -5.60. The van der Waals surface area contributed by atoms with Crippen molar-refractivity contribution in [1.82, 2.24) is 5.32 Å². The molecule has 0 saturated heterocycles. The van der Waals surface area contributed by atoms with Crippen LogP contribution in [0.2, 0.25) is 0 Å². The van der Waals surface area contributed by atoms with E-state index in [0.29, 0.717) is 16.6 Å². The fourth-order valence-corrected chi connectivity index (χ4v) is 1.93. The summed E-state index contributed by atoms with van der Waals surface area (Å²) in [7, 11) is 1.77. The standard InChI is InChI=1S/C12H13BrF5NO/c1-19-5-8-2-3-9(10(13)4-8)6-20-7-11(14,15)12(16,17)18/h2-4,19H,5-7H2,1H3. The zero-order chi connectivity index (χ0) is 15.4. The van der Waals surface area contributed by atoms with Crippen LogP contribution in [0.3, 0.4) is 0 Å². The van der Waals surface area contributed by atoms with Crippen LogP contribution in [0.1, 0.15) is 11.1 Å². The highest BCUT2D eigenvalue weighted by molar-refractivity contribution is 9.10. The fourth-order valence-electron chi connectivity index (χ4n) is 1.39. The van der Waals surface area contributed by atoms with Crippen molar-refractivity contribution < 1.29 is 26.7 Å². The van der Waals surface area contributed by atoms with E-state index in [2.05, 4.69) is 26.0 Å². The predicted molar refractivity (Wildman–Crippen MR) is 67.6 cm³/mol. The highest BCUT2D eigenvalue weighted by Crippen LogP contribution is 2.35. The molecule has 20 heavy (non-hydrogen) atoms. The molecule has 0 fully saturated rings. The lowest BCUT2D eigenvalue weighted by molar-refractivity contribution is -0.297. The van der Waals surface area contributed by atoms with Crippen LogP contribution in [0.25, 0.3) is 0 Å². The van der Waals surface area contributed by atoms with Gasteiger partial charge in [0.2, 0.25) is 0 Å². The second-order valence-electron chi connectivity index (χ2n) is 4.15. The number of nitrogens with one attached hydrogen (secondary N) is 1. The topological polar surface area (TPSA) is 21.3 Å². The van der Waals surface area contributed by atoms with Crippen LogP contribution in [0.4, 0.5) is 22.0 Å². The maximum absolute atomic E-state index is 12.6. The van der Waals surface area contributed by atoms with E-state index in [-0.39, 0.29) is 6.61 Å². The third-order valence-corrected chi connectivity index (χ3v) is 3.19. The van der Waals surface area contributed by atoms with E-state index in [1.807, 2.05) is 0 Å². The quantitative estimate of drug-likeness (QED) is 0.776. The summed E-state index contributed by atoms with van der Waals surface area (Å²) in [6.45, 7) is -1.40. The van der Waals surface area contributed by atoms with E-state index in [4.69, 9.17) is 0 Å². The molecular weight excluding hydrogens is 349 g/mol. The van der Waals surface area contributed by atoms with Crippen LogP contribution in [0, 0.1) is 0 Å². The molecule has 1 N–H and O–H groups in total. The van der Waals surface area contributed by atoms with Gasteiger partial charge in [-0.3, -0.25) is 0 Å². The molecule has 0 aliphatic carbocycles. The fraction of sp³-hybridized carbons (Fsp3) is 0.500. The number of ether oxygens (including phenoxy) is 1. The van der Waals surface area contributed by atoms with Gasteiger partial charge in [-0.05, 0) is 24.2 Å². The Bertz CT molecular complexity index is 450. The summed E-state index contributed by atoms with van der Waals surface area (Å²) in [6, 6.07) is 5.10. The first-order valence-electron chi connectivity index (χ1n) is 5.61. The van der Waals surface area contributed by atoms with Gasteiger partial charge in [0.1, 0.15) is 6.61 Å². The van der Waals surface area contributed by atoms with Crippen molar-refractivity contribution in [3.05, 3.63) is 33.8 Å². The van der Waals surface area contributed by atoms with Gasteiger partial charge in [0.15, 0.2) is 0 Å². The summed E-state index contributed by atoms with van der Waals surface area (Å²) >= 11 is 3.22. The van der Waals surface area contributed by atoms with Gasteiger partial charge < -0.3 is 10.1 Å². The Morgan fingerprint density at radius 1 is 1.20 bits per heavy atom. The van der Waals surface area contributed by atoms with Crippen LogP contribution < -0.4 is 5.32 Å². The van der Waals surface area contributed by atoms with Gasteiger partial charge in [0.25, 0.3) is 0 Å². The van der Waals surface area contributed by atoms with Crippen molar-refractivity contribution in [2.75, 3.05) is 13.7 Å². The van der Waals surface area contributed by atoms with E-state index < -0.39 is 18.7 Å². The number of hydrogen-bond donors (Lipinski definition) is 1. The van der Waals surface area contributed by atoms with E-state index in [1.165, 1.54) is 0 Å². The van der Waals surface area contributed by atoms with E-state index in [1.54, 1.807) is 25.2 Å². The zero-order valence-electron chi connectivity index (χ0n) is 10.5. The van der Waals surface area contributed by atoms with Crippen molar-refractivity contribution in [3.63, 3.8) is 0 Å². The van der Waals surface area contributed by atoms with Crippen molar-refractivity contribution in [2.24, 2.45) is 0 Å². The Kier molecular flexibility index (Phi) is 5.91. The van der Waals surface area contributed by atoms with E-state index >= 15 is 0 Å². The highest BCUT2D eigenvalue weighted by Gasteiger charge is 2.57. The van der Waals surface area contributed by atoms with Crippen molar-refractivity contribution >= 4 is 15.9 Å². The molecule has 0 spiro atoms. The van der Waals surface area contributed by atoms with E-state index in [0.717, 1.165) is 5.56 Å². The Morgan fingerprint density at radius 3 is 2.35 bits per heavy atom. The molecule has 114 valence electrons. The second-order valence-corrected chi connectivity index (χ2v) is 5.01. The van der Waals surface area contributed by atoms with Crippen molar-refractivity contribution in [3.8, 4) is 0 Å². The van der Waals surface area contributed by atoms with Crippen molar-refractivity contribution in [1.29, 1.82) is 0 Å². The van der Waals surface area contributed by atoms with Crippen LogP contribution in [-0.2, 0) is 17.9 Å². The van der Waals surface area contributed by atoms with Crippen LogP contribution in [-0.4, -0.2) is 25.8 Å². The first-order chi connectivity index (χ1) is 9.17. The maximum Gasteiger partial charge on any atom is 0.455 e. The van der Waals surface area contributed by atoms with Gasteiger partial charge in [-0.15, -0.1) is 0 Å². The number of hydrogen-bond acceptors (Lipinski definition) is 2. The van der Waals surface area contributed by atoms with Gasteiger partial charge in [-0.2, -0.15) is 22.0 Å². The Hall–Kier alpha value is -0.730. The first kappa shape index (κ1) is 17.3. The minimum absolute atomic E-state index is 0.327. The lowest BCUT2D eigenvalue weighted by atomic mass is 10.1. The monoisotopic (exact) mass is 361 g/mol. The normalized spacial score (nSPS) is 12.8. The Labute approximate surface area is 121 Å². The molecule has 0 aromatic heterocycles. The molecule has 1 rings (SSSR count). The molecule has 0 radical (unpaired) electrons. The number of alkyl halides is 5. The summed E-state index contributed by atoms with van der Waals surface area (Å²) in [5, 5.41) is 2.93. The molecule has 0 atom stereocenters. The van der Waals surface area contributed by atoms with Gasteiger partial charge in [-0.1, -0.05) is 28.1 Å². The number of benzene rings is 1. The summed E-state index contributed by atoms with van der Waals surface area (Å²) < 4.78 is 66.1. The zero-order valence-corrected chi connectivity index (χ0v) is 12.1. The summed E-state index contributed by atoms with van der Waals surface area (Å²) in [5.41, 5.74) is 1.45. The molecule has 0 bridgehead atoms. The second kappa shape index (κ2) is 6.82. The predicted octanol–water partition coefficient (Wildman–Crippen LogP) is 3.88. The minimum atomic E-state index is -5.60. The van der Waals surface area contributed by atoms with Crippen LogP contribution >= 0.6 is 15.9 Å². The average molecular weight is 362 g/mol. The minimum Gasteiger partial charge on any atom is -0.370 e. The van der Waals surface area contributed by atoms with Gasteiger partial charge in [0, 0.05) is 11.0 Å². The van der Waals surface area contributed by atoms with Crippen LogP contribution in [0.5, 0.6) is 0 Å². The lowest BCUT2D eigenvalue weighted by Gasteiger charge is -2.19. The van der Waals surface area contributed by atoms with Crippen LogP contribution in [0.15, 0.2) is 22.7 Å². The SMILES string of the molecule is CNCc1ccc(COCC(F)(F)C(F)(F)F)c(Br)c1. The molecule has 0 heterocycles. The maximum atomic E-state index is 12.6. The third-order valence-electron chi connectivity index (χ3n) is 2.45. The van der Waals surface area contributed by atoms with Gasteiger partial charge in [0.05, 0.1) is 6.61 Å². The molecule has 0 aliphatic rings. The molecule has 1 aromatic carbocycles. The molecular formula is C12H13BrF5NO. The molecule has 0 unspecified atom stereocenters. The highest BCUT2D eigenvalue weighted by atomic mass is 79.9. The van der Waals surface area contributed by atoms with E-state index in [9.17, 15) is 22.0 Å². The molecule has 0 amide bonds. The number of halogens is 6. The molecule has 2 nitrogen and oxygen atoms in total. The average Bonchev–Trinajstić information content (AvgIpc) is 2.30. The molecule has 0 aliphatic heterocycles. The summed E-state index contributed by atoms with van der Waals surface area (Å²) in [4.78, 5) is 0.